The van der Waals surface area contributed by atoms with Gasteiger partial charge in [0.05, 0.1) is 17.1 Å². The van der Waals surface area contributed by atoms with Gasteiger partial charge >= 0.3 is 6.18 Å². The number of amides is 1. The average Bonchev–Trinajstić information content (AvgIpc) is 2.54. The molecule has 0 saturated carbocycles. The Hall–Kier alpha value is -1.09. The first-order valence-corrected chi connectivity index (χ1v) is 8.75. The first-order valence-electron chi connectivity index (χ1n) is 7.24. The predicted molar refractivity (Wildman–Crippen MR) is 97.2 cm³/mol. The Morgan fingerprint density at radius 2 is 2.08 bits per heavy atom. The molecule has 2 atom stereocenters. The highest BCUT2D eigenvalue weighted by atomic mass is 127. The van der Waals surface area contributed by atoms with Gasteiger partial charge in [-0.1, -0.05) is 13.0 Å². The molecule has 0 fully saturated rings. The molecule has 1 aromatic carbocycles. The number of carbonyl (C=O) groups is 1. The fourth-order valence-electron chi connectivity index (χ4n) is 2.18. The Bertz CT molecular complexity index is 739. The van der Waals surface area contributed by atoms with Gasteiger partial charge in [-0.05, 0) is 47.2 Å². The number of hydrogen-bond donors (Lipinski definition) is 1. The Balaban J connectivity index is 2.02. The fourth-order valence-corrected chi connectivity index (χ4v) is 3.04. The quantitative estimate of drug-likeness (QED) is 0.472. The molecule has 0 radical (unpaired) electrons. The number of aromatic nitrogens is 1. The van der Waals surface area contributed by atoms with Crippen molar-refractivity contribution in [2.24, 2.45) is 5.92 Å². The smallest absolute Gasteiger partial charge is 0.324 e. The van der Waals surface area contributed by atoms with Gasteiger partial charge in [0, 0.05) is 27.0 Å². The van der Waals surface area contributed by atoms with Crippen molar-refractivity contribution in [3.05, 3.63) is 34.0 Å². The van der Waals surface area contributed by atoms with E-state index in [4.69, 9.17) is 11.6 Å². The summed E-state index contributed by atoms with van der Waals surface area (Å²) in [4.78, 5) is 16.3. The lowest BCUT2D eigenvalue weighted by Gasteiger charge is -2.20. The first kappa shape index (κ1) is 19.2. The zero-order valence-corrected chi connectivity index (χ0v) is 15.6. The number of rotatable bonds is 5. The third-order valence-electron chi connectivity index (χ3n) is 3.70. The summed E-state index contributed by atoms with van der Waals surface area (Å²) >= 11 is 7.94. The minimum atomic E-state index is -4.36. The van der Waals surface area contributed by atoms with Crippen LogP contribution in [0.2, 0.25) is 0 Å². The summed E-state index contributed by atoms with van der Waals surface area (Å²) in [5.41, 5.74) is 1.18. The highest BCUT2D eigenvalue weighted by Gasteiger charge is 2.40. The number of pyridine rings is 1. The maximum absolute atomic E-state index is 12.6. The highest BCUT2D eigenvalue weighted by molar-refractivity contribution is 14.1. The lowest BCUT2D eigenvalue weighted by Crippen LogP contribution is -2.29. The average molecular weight is 471 g/mol. The van der Waals surface area contributed by atoms with E-state index in [-0.39, 0.29) is 18.7 Å². The van der Waals surface area contributed by atoms with Crippen LogP contribution in [0.3, 0.4) is 0 Å². The molecule has 0 aliphatic carbocycles. The minimum Gasteiger partial charge on any atom is -0.324 e. The lowest BCUT2D eigenvalue weighted by atomic mass is 10.0. The van der Waals surface area contributed by atoms with E-state index in [0.29, 0.717) is 11.2 Å². The topological polar surface area (TPSA) is 42.0 Å². The summed E-state index contributed by atoms with van der Waals surface area (Å²) < 4.78 is 38.8. The molecule has 1 heterocycles. The van der Waals surface area contributed by atoms with Gasteiger partial charge in [0.2, 0.25) is 5.91 Å². The number of alkyl halides is 4. The number of carbonyl (C=O) groups excluding carboxylic acids is 1. The van der Waals surface area contributed by atoms with Gasteiger partial charge in [-0.15, -0.1) is 11.6 Å². The van der Waals surface area contributed by atoms with E-state index in [0.717, 1.165) is 15.9 Å². The summed E-state index contributed by atoms with van der Waals surface area (Å²) in [5, 5.41) is 2.46. The molecular formula is C16H15ClF3IN2O. The second kappa shape index (κ2) is 7.86. The van der Waals surface area contributed by atoms with Crippen molar-refractivity contribution in [1.82, 2.24) is 4.98 Å². The summed E-state index contributed by atoms with van der Waals surface area (Å²) in [5.74, 6) is -2.05. The van der Waals surface area contributed by atoms with Crippen molar-refractivity contribution in [2.75, 3.05) is 5.32 Å². The Morgan fingerprint density at radius 1 is 1.38 bits per heavy atom. The van der Waals surface area contributed by atoms with Gasteiger partial charge in [0.25, 0.3) is 0 Å². The summed E-state index contributed by atoms with van der Waals surface area (Å²) in [6.45, 7) is 1.02. The van der Waals surface area contributed by atoms with Crippen molar-refractivity contribution in [1.29, 1.82) is 0 Å². The van der Waals surface area contributed by atoms with Crippen LogP contribution in [0.25, 0.3) is 10.9 Å². The fraction of sp³-hybridized carbons (Fsp3) is 0.375. The standard InChI is InChI=1S/C16H15ClF3IN2O/c1-9(16(18,19)20)11(17)4-7-14(24)23-13-6-5-12(21)10-3-2-8-22-15(10)13/h2-3,5-6,8-9,11H,4,7H2,1H3,(H,23,24). The zero-order chi connectivity index (χ0) is 17.9. The molecule has 8 heteroatoms. The number of halogens is 5. The van der Waals surface area contributed by atoms with Gasteiger partial charge in [0.15, 0.2) is 0 Å². The zero-order valence-electron chi connectivity index (χ0n) is 12.7. The molecule has 0 saturated heterocycles. The van der Waals surface area contributed by atoms with Crippen LogP contribution in [-0.4, -0.2) is 22.4 Å². The molecule has 130 valence electrons. The maximum Gasteiger partial charge on any atom is 0.392 e. The second-order valence-electron chi connectivity index (χ2n) is 5.43. The predicted octanol–water partition coefficient (Wildman–Crippen LogP) is 5.36. The minimum absolute atomic E-state index is 0.0518. The molecular weight excluding hydrogens is 456 g/mol. The largest absolute Gasteiger partial charge is 0.392 e. The highest BCUT2D eigenvalue weighted by Crippen LogP contribution is 2.33. The molecule has 1 N–H and O–H groups in total. The molecule has 24 heavy (non-hydrogen) atoms. The Morgan fingerprint density at radius 3 is 2.75 bits per heavy atom. The van der Waals surface area contributed by atoms with Crippen molar-refractivity contribution in [2.45, 2.75) is 31.3 Å². The van der Waals surface area contributed by atoms with Gasteiger partial charge in [-0.2, -0.15) is 13.2 Å². The number of benzene rings is 1. The van der Waals surface area contributed by atoms with E-state index in [1.165, 1.54) is 0 Å². The van der Waals surface area contributed by atoms with Crippen LogP contribution in [0.1, 0.15) is 19.8 Å². The molecule has 0 spiro atoms. The number of hydrogen-bond acceptors (Lipinski definition) is 2. The van der Waals surface area contributed by atoms with Crippen LogP contribution in [0.4, 0.5) is 18.9 Å². The van der Waals surface area contributed by atoms with E-state index >= 15 is 0 Å². The molecule has 0 aliphatic rings. The summed E-state index contributed by atoms with van der Waals surface area (Å²) in [6.07, 6.45) is -2.88. The normalized spacial score (nSPS) is 14.4. The molecule has 0 aliphatic heterocycles. The number of anilines is 1. The van der Waals surface area contributed by atoms with Crippen molar-refractivity contribution in [3.8, 4) is 0 Å². The Labute approximate surface area is 156 Å². The van der Waals surface area contributed by atoms with Crippen LogP contribution in [-0.2, 0) is 4.79 Å². The molecule has 2 unspecified atom stereocenters. The lowest BCUT2D eigenvalue weighted by molar-refractivity contribution is -0.170. The molecule has 3 nitrogen and oxygen atoms in total. The van der Waals surface area contributed by atoms with Gasteiger partial charge < -0.3 is 5.32 Å². The number of nitrogens with zero attached hydrogens (tertiary/aromatic N) is 1. The van der Waals surface area contributed by atoms with Crippen molar-refractivity contribution in [3.63, 3.8) is 0 Å². The first-order chi connectivity index (χ1) is 11.2. The van der Waals surface area contributed by atoms with E-state index < -0.39 is 17.5 Å². The van der Waals surface area contributed by atoms with Gasteiger partial charge in [-0.3, -0.25) is 9.78 Å². The van der Waals surface area contributed by atoms with E-state index in [2.05, 4.69) is 32.9 Å². The van der Waals surface area contributed by atoms with E-state index in [1.54, 1.807) is 18.3 Å². The molecule has 2 rings (SSSR count). The van der Waals surface area contributed by atoms with Crippen LogP contribution in [0.5, 0.6) is 0 Å². The van der Waals surface area contributed by atoms with E-state index in [9.17, 15) is 18.0 Å². The third-order valence-corrected chi connectivity index (χ3v) is 5.23. The molecule has 1 amide bonds. The van der Waals surface area contributed by atoms with Crippen LogP contribution < -0.4 is 5.32 Å². The van der Waals surface area contributed by atoms with Crippen LogP contribution in [0.15, 0.2) is 30.5 Å². The molecule has 0 bridgehead atoms. The Kier molecular flexibility index (Phi) is 6.30. The summed E-state index contributed by atoms with van der Waals surface area (Å²) in [7, 11) is 0. The van der Waals surface area contributed by atoms with Gasteiger partial charge in [-0.25, -0.2) is 0 Å². The maximum atomic E-state index is 12.6. The van der Waals surface area contributed by atoms with Crippen LogP contribution >= 0.6 is 34.2 Å². The van der Waals surface area contributed by atoms with Crippen LogP contribution in [0, 0.1) is 9.49 Å². The second-order valence-corrected chi connectivity index (χ2v) is 7.15. The molecule has 1 aromatic heterocycles. The van der Waals surface area contributed by atoms with Crippen molar-refractivity contribution >= 4 is 56.7 Å². The number of fused-ring (bicyclic) bond motifs is 1. The molecule has 2 aromatic rings. The number of nitrogens with one attached hydrogen (secondary N) is 1. The summed E-state index contributed by atoms with van der Waals surface area (Å²) in [6, 6.07) is 7.26. The SMILES string of the molecule is CC(C(Cl)CCC(=O)Nc1ccc(I)c2cccnc12)C(F)(F)F. The third kappa shape index (κ3) is 4.72. The van der Waals surface area contributed by atoms with Gasteiger partial charge in [0.1, 0.15) is 0 Å². The monoisotopic (exact) mass is 470 g/mol. The van der Waals surface area contributed by atoms with Crippen molar-refractivity contribution < 1.29 is 18.0 Å². The van der Waals surface area contributed by atoms with E-state index in [1.807, 2.05) is 12.1 Å².